The minimum absolute atomic E-state index is 0.0650. The van der Waals surface area contributed by atoms with E-state index in [1.54, 1.807) is 18.2 Å². The van der Waals surface area contributed by atoms with Gasteiger partial charge in [0.2, 0.25) is 15.9 Å². The lowest BCUT2D eigenvalue weighted by Crippen LogP contribution is -2.32. The van der Waals surface area contributed by atoms with Crippen LogP contribution in [-0.4, -0.2) is 51.5 Å². The molecule has 0 spiro atoms. The summed E-state index contributed by atoms with van der Waals surface area (Å²) in [6, 6.07) is 7.57. The number of carbonyl (C=O) groups is 1. The fourth-order valence-electron chi connectivity index (χ4n) is 2.40. The number of nitrogens with one attached hydrogen (secondary N) is 1. The third kappa shape index (κ3) is 4.90. The second-order valence-electron chi connectivity index (χ2n) is 6.08. The summed E-state index contributed by atoms with van der Waals surface area (Å²) in [5, 5.41) is 2.69. The molecule has 0 saturated carbocycles. The van der Waals surface area contributed by atoms with Crippen molar-refractivity contribution in [3.8, 4) is 11.5 Å². The largest absolute Gasteiger partial charge is 0.493 e. The quantitative estimate of drug-likeness (QED) is 0.678. The van der Waals surface area contributed by atoms with Gasteiger partial charge < -0.3 is 19.4 Å². The van der Waals surface area contributed by atoms with Crippen LogP contribution in [0, 0.1) is 0 Å². The SMILES string of the molecule is COc1ccc(CNC(=O)Cn2cc(S(=O)(=O)N(C)C)ccc2=O)cc1OC. The van der Waals surface area contributed by atoms with Gasteiger partial charge >= 0.3 is 0 Å². The Bertz CT molecular complexity index is 1010. The van der Waals surface area contributed by atoms with Crippen molar-refractivity contribution in [2.24, 2.45) is 0 Å². The van der Waals surface area contributed by atoms with Crippen LogP contribution >= 0.6 is 0 Å². The Morgan fingerprint density at radius 3 is 2.39 bits per heavy atom. The van der Waals surface area contributed by atoms with Gasteiger partial charge in [-0.3, -0.25) is 9.59 Å². The predicted molar refractivity (Wildman–Crippen MR) is 103 cm³/mol. The van der Waals surface area contributed by atoms with Gasteiger partial charge in [-0.05, 0) is 23.8 Å². The molecule has 0 aliphatic heterocycles. The van der Waals surface area contributed by atoms with Crippen LogP contribution in [0.4, 0.5) is 0 Å². The van der Waals surface area contributed by atoms with Gasteiger partial charge in [-0.1, -0.05) is 6.07 Å². The second kappa shape index (κ2) is 8.89. The van der Waals surface area contributed by atoms with E-state index in [0.717, 1.165) is 26.7 Å². The van der Waals surface area contributed by atoms with E-state index in [-0.39, 0.29) is 18.0 Å². The van der Waals surface area contributed by atoms with E-state index in [0.29, 0.717) is 11.5 Å². The lowest BCUT2D eigenvalue weighted by atomic mass is 10.2. The number of carbonyl (C=O) groups excluding carboxylic acids is 1. The fraction of sp³-hybridized carbons (Fsp3) is 0.333. The lowest BCUT2D eigenvalue weighted by Gasteiger charge is -2.13. The summed E-state index contributed by atoms with van der Waals surface area (Å²) < 4.78 is 36.9. The van der Waals surface area contributed by atoms with Crippen LogP contribution in [0.15, 0.2) is 46.2 Å². The van der Waals surface area contributed by atoms with Crippen LogP contribution in [0.2, 0.25) is 0 Å². The van der Waals surface area contributed by atoms with Gasteiger partial charge in [0.15, 0.2) is 11.5 Å². The summed E-state index contributed by atoms with van der Waals surface area (Å²) in [6.07, 6.45) is 1.16. The molecule has 0 radical (unpaired) electrons. The minimum atomic E-state index is -3.71. The lowest BCUT2D eigenvalue weighted by molar-refractivity contribution is -0.121. The van der Waals surface area contributed by atoms with Crippen LogP contribution < -0.4 is 20.3 Å². The molecule has 1 amide bonds. The van der Waals surface area contributed by atoms with E-state index >= 15 is 0 Å². The van der Waals surface area contributed by atoms with Crippen molar-refractivity contribution < 1.29 is 22.7 Å². The third-order valence-corrected chi connectivity index (χ3v) is 5.79. The molecule has 152 valence electrons. The van der Waals surface area contributed by atoms with Crippen molar-refractivity contribution in [2.45, 2.75) is 18.0 Å². The third-order valence-electron chi connectivity index (χ3n) is 3.99. The van der Waals surface area contributed by atoms with Crippen molar-refractivity contribution in [1.29, 1.82) is 0 Å². The first-order valence-electron chi connectivity index (χ1n) is 8.29. The highest BCUT2D eigenvalue weighted by Gasteiger charge is 2.18. The van der Waals surface area contributed by atoms with Gasteiger partial charge in [-0.15, -0.1) is 0 Å². The first kappa shape index (κ1) is 21.5. The van der Waals surface area contributed by atoms with Crippen molar-refractivity contribution in [1.82, 2.24) is 14.2 Å². The number of ether oxygens (including phenoxy) is 2. The first-order valence-corrected chi connectivity index (χ1v) is 9.73. The Morgan fingerprint density at radius 2 is 1.79 bits per heavy atom. The Balaban J connectivity index is 2.10. The maximum atomic E-state index is 12.2. The molecule has 0 atom stereocenters. The Kier molecular flexibility index (Phi) is 6.81. The minimum Gasteiger partial charge on any atom is -0.493 e. The molecular formula is C18H23N3O6S. The number of methoxy groups -OCH3 is 2. The molecule has 1 N–H and O–H groups in total. The van der Waals surface area contributed by atoms with Crippen LogP contribution in [0.1, 0.15) is 5.56 Å². The molecule has 0 fully saturated rings. The maximum absolute atomic E-state index is 12.2. The standard InChI is InChI=1S/C18H23N3O6S/c1-20(2)28(24,25)14-6-8-18(23)21(11-14)12-17(22)19-10-13-5-7-15(26-3)16(9-13)27-4/h5-9,11H,10,12H2,1-4H3,(H,19,22). The Morgan fingerprint density at radius 1 is 1.11 bits per heavy atom. The normalized spacial score (nSPS) is 11.3. The number of hydrogen-bond donors (Lipinski definition) is 1. The zero-order chi connectivity index (χ0) is 20.9. The average Bonchev–Trinajstić information content (AvgIpc) is 2.67. The summed E-state index contributed by atoms with van der Waals surface area (Å²) in [4.78, 5) is 24.1. The molecule has 9 nitrogen and oxygen atoms in total. The van der Waals surface area contributed by atoms with Crippen LogP contribution in [0.3, 0.4) is 0 Å². The van der Waals surface area contributed by atoms with Crippen LogP contribution in [0.5, 0.6) is 11.5 Å². The highest BCUT2D eigenvalue weighted by atomic mass is 32.2. The second-order valence-corrected chi connectivity index (χ2v) is 8.24. The van der Waals surface area contributed by atoms with Gasteiger partial charge in [-0.25, -0.2) is 12.7 Å². The van der Waals surface area contributed by atoms with Crippen molar-refractivity contribution >= 4 is 15.9 Å². The van der Waals surface area contributed by atoms with E-state index in [4.69, 9.17) is 9.47 Å². The first-order chi connectivity index (χ1) is 13.2. The number of benzene rings is 1. The molecule has 0 saturated heterocycles. The Labute approximate surface area is 163 Å². The summed E-state index contributed by atoms with van der Waals surface area (Å²) in [6.45, 7) is -0.0907. The average molecular weight is 409 g/mol. The molecule has 0 bridgehead atoms. The van der Waals surface area contributed by atoms with Gasteiger partial charge in [0.1, 0.15) is 6.54 Å². The molecule has 1 heterocycles. The molecule has 0 unspecified atom stereocenters. The summed E-state index contributed by atoms with van der Waals surface area (Å²) in [7, 11) is 2.12. The van der Waals surface area contributed by atoms with Gasteiger partial charge in [0.25, 0.3) is 5.56 Å². The van der Waals surface area contributed by atoms with Gasteiger partial charge in [0.05, 0.1) is 19.1 Å². The summed E-state index contributed by atoms with van der Waals surface area (Å²) >= 11 is 0. The molecule has 0 aliphatic rings. The van der Waals surface area contributed by atoms with Crippen molar-refractivity contribution in [3.63, 3.8) is 0 Å². The number of sulfonamides is 1. The highest BCUT2D eigenvalue weighted by molar-refractivity contribution is 7.89. The molecule has 0 aliphatic carbocycles. The van der Waals surface area contributed by atoms with E-state index < -0.39 is 21.5 Å². The van der Waals surface area contributed by atoms with Gasteiger partial charge in [-0.2, -0.15) is 0 Å². The number of amides is 1. The number of hydrogen-bond acceptors (Lipinski definition) is 6. The summed E-state index contributed by atoms with van der Waals surface area (Å²) in [5.41, 5.74) is 0.307. The molecule has 28 heavy (non-hydrogen) atoms. The zero-order valence-electron chi connectivity index (χ0n) is 16.1. The zero-order valence-corrected chi connectivity index (χ0v) is 16.9. The topological polar surface area (TPSA) is 107 Å². The monoisotopic (exact) mass is 409 g/mol. The molecule has 2 aromatic rings. The molecule has 2 rings (SSSR count). The van der Waals surface area contributed by atoms with E-state index in [1.165, 1.54) is 34.4 Å². The highest BCUT2D eigenvalue weighted by Crippen LogP contribution is 2.27. The summed E-state index contributed by atoms with van der Waals surface area (Å²) in [5.74, 6) is 0.673. The number of rotatable bonds is 8. The van der Waals surface area contributed by atoms with Crippen molar-refractivity contribution in [2.75, 3.05) is 28.3 Å². The van der Waals surface area contributed by atoms with E-state index in [9.17, 15) is 18.0 Å². The number of pyridine rings is 1. The smallest absolute Gasteiger partial charge is 0.251 e. The molecule has 10 heteroatoms. The van der Waals surface area contributed by atoms with E-state index in [2.05, 4.69) is 5.32 Å². The van der Waals surface area contributed by atoms with Gasteiger partial charge in [0, 0.05) is 32.9 Å². The number of nitrogens with zero attached hydrogens (tertiary/aromatic N) is 2. The number of aromatic nitrogens is 1. The van der Waals surface area contributed by atoms with E-state index in [1.807, 2.05) is 0 Å². The van der Waals surface area contributed by atoms with Crippen LogP contribution in [0.25, 0.3) is 0 Å². The van der Waals surface area contributed by atoms with Crippen LogP contribution in [-0.2, 0) is 27.9 Å². The Hall–Kier alpha value is -2.85. The predicted octanol–water partition coefficient (Wildman–Crippen LogP) is 0.432. The maximum Gasteiger partial charge on any atom is 0.251 e. The van der Waals surface area contributed by atoms with Crippen molar-refractivity contribution in [3.05, 3.63) is 52.4 Å². The molecular weight excluding hydrogens is 386 g/mol. The fourth-order valence-corrected chi connectivity index (χ4v) is 3.32. The molecule has 1 aromatic heterocycles. The molecule has 1 aromatic carbocycles.